The van der Waals surface area contributed by atoms with Crippen molar-refractivity contribution in [2.45, 2.75) is 30.6 Å². The van der Waals surface area contributed by atoms with Crippen LogP contribution >= 0.6 is 23.4 Å². The van der Waals surface area contributed by atoms with Gasteiger partial charge in [0.05, 0.1) is 27.7 Å². The third-order valence-corrected chi connectivity index (χ3v) is 7.68. The highest BCUT2D eigenvalue weighted by atomic mass is 35.5. The lowest BCUT2D eigenvalue weighted by Crippen LogP contribution is -2.17. The Morgan fingerprint density at radius 2 is 1.82 bits per heavy atom. The monoisotopic (exact) mass is 568 g/mol. The van der Waals surface area contributed by atoms with E-state index in [0.29, 0.717) is 11.5 Å². The third kappa shape index (κ3) is 5.11. The molecule has 7 nitrogen and oxygen atoms in total. The second-order valence-electron chi connectivity index (χ2n) is 9.09. The number of carbonyl (C=O) groups is 1. The first kappa shape index (κ1) is 25.4. The first-order valence-corrected chi connectivity index (χ1v) is 13.4. The van der Waals surface area contributed by atoms with Gasteiger partial charge in [0, 0.05) is 17.8 Å². The first-order chi connectivity index (χ1) is 18.8. The molecule has 1 aliphatic rings. The summed E-state index contributed by atoms with van der Waals surface area (Å²) >= 11 is 6.94. The van der Waals surface area contributed by atoms with Crippen molar-refractivity contribution in [2.24, 2.45) is 0 Å². The molecule has 0 fully saturated rings. The number of anilines is 1. The maximum absolute atomic E-state index is 13.3. The van der Waals surface area contributed by atoms with Crippen LogP contribution in [0.2, 0.25) is 5.02 Å². The van der Waals surface area contributed by atoms with Gasteiger partial charge in [-0.1, -0.05) is 53.7 Å². The van der Waals surface area contributed by atoms with Crippen LogP contribution in [0.4, 0.5) is 19.0 Å². The van der Waals surface area contributed by atoms with Gasteiger partial charge in [0.25, 0.3) is 0 Å². The molecular weight excluding hydrogens is 549 g/mol. The lowest BCUT2D eigenvalue weighted by molar-refractivity contribution is -0.137. The normalized spacial score (nSPS) is 13.1. The minimum atomic E-state index is -4.59. The third-order valence-electron chi connectivity index (χ3n) is 6.46. The van der Waals surface area contributed by atoms with Gasteiger partial charge in [-0.3, -0.25) is 9.20 Å². The van der Waals surface area contributed by atoms with Gasteiger partial charge in [-0.25, -0.2) is 4.68 Å². The molecule has 1 aliphatic carbocycles. The molecule has 5 aromatic rings. The molecule has 0 saturated carbocycles. The van der Waals surface area contributed by atoms with E-state index < -0.39 is 11.7 Å². The van der Waals surface area contributed by atoms with Gasteiger partial charge in [0.2, 0.25) is 5.91 Å². The summed E-state index contributed by atoms with van der Waals surface area (Å²) < 4.78 is 42.6. The van der Waals surface area contributed by atoms with Crippen LogP contribution in [0.3, 0.4) is 0 Å². The predicted molar refractivity (Wildman–Crippen MR) is 143 cm³/mol. The summed E-state index contributed by atoms with van der Waals surface area (Å²) in [6.45, 7) is 0. The molecule has 2 aromatic carbocycles. The predicted octanol–water partition coefficient (Wildman–Crippen LogP) is 6.47. The summed E-state index contributed by atoms with van der Waals surface area (Å²) in [6, 6.07) is 18.4. The Morgan fingerprint density at radius 1 is 1.03 bits per heavy atom. The van der Waals surface area contributed by atoms with E-state index in [9.17, 15) is 18.0 Å². The summed E-state index contributed by atoms with van der Waals surface area (Å²) in [7, 11) is 0. The Hall–Kier alpha value is -3.83. The van der Waals surface area contributed by atoms with Crippen molar-refractivity contribution in [3.63, 3.8) is 0 Å². The number of pyridine rings is 1. The van der Waals surface area contributed by atoms with Crippen LogP contribution < -0.4 is 5.32 Å². The highest BCUT2D eigenvalue weighted by Gasteiger charge is 2.32. The number of halogens is 4. The number of hydrogen-bond donors (Lipinski definition) is 1. The standard InChI is InChI=1S/C27H20ClF3N6OS/c28-21-12-19(27(29,30)31)14-36-25(21)33-34-26(36)39-15-24(38)32-23-13-22(35-37(23)20-7-2-1-3-8-20)18-10-9-16-5-4-6-17(16)11-18/h1-3,7-14H,4-6,15H2,(H,32,38). The fourth-order valence-electron chi connectivity index (χ4n) is 4.60. The maximum Gasteiger partial charge on any atom is 0.417 e. The molecule has 6 rings (SSSR count). The number of aryl methyl sites for hydroxylation is 2. The molecule has 198 valence electrons. The van der Waals surface area contributed by atoms with Gasteiger partial charge in [0.15, 0.2) is 10.8 Å². The number of hydrogen-bond acceptors (Lipinski definition) is 5. The van der Waals surface area contributed by atoms with E-state index in [2.05, 4.69) is 27.6 Å². The van der Waals surface area contributed by atoms with Crippen molar-refractivity contribution in [1.29, 1.82) is 0 Å². The van der Waals surface area contributed by atoms with Gasteiger partial charge < -0.3 is 5.32 Å². The molecule has 0 saturated heterocycles. The fourth-order valence-corrected chi connectivity index (χ4v) is 5.56. The van der Waals surface area contributed by atoms with Gasteiger partial charge in [-0.05, 0) is 54.7 Å². The van der Waals surface area contributed by atoms with E-state index in [0.717, 1.165) is 58.9 Å². The number of para-hydroxylation sites is 1. The van der Waals surface area contributed by atoms with Crippen molar-refractivity contribution in [3.05, 3.63) is 88.6 Å². The maximum atomic E-state index is 13.3. The smallest absolute Gasteiger partial charge is 0.310 e. The van der Waals surface area contributed by atoms with Crippen LogP contribution in [0.5, 0.6) is 0 Å². The van der Waals surface area contributed by atoms with E-state index >= 15 is 0 Å². The Labute approximate surface area is 230 Å². The number of nitrogens with one attached hydrogen (secondary N) is 1. The van der Waals surface area contributed by atoms with E-state index in [1.165, 1.54) is 11.1 Å². The summed E-state index contributed by atoms with van der Waals surface area (Å²) in [5.74, 6) is -0.0359. The van der Waals surface area contributed by atoms with Crippen LogP contribution in [0, 0.1) is 0 Å². The molecule has 3 aromatic heterocycles. The number of rotatable bonds is 6. The zero-order valence-electron chi connectivity index (χ0n) is 20.2. The molecular formula is C27H20ClF3N6OS. The topological polar surface area (TPSA) is 77.1 Å². The van der Waals surface area contributed by atoms with Crippen molar-refractivity contribution >= 4 is 40.7 Å². The Bertz CT molecular complexity index is 1700. The SMILES string of the molecule is O=C(CSc1nnc2c(Cl)cc(C(F)(F)F)cn12)Nc1cc(-c2ccc3c(c2)CCC3)nn1-c1ccccc1. The summed E-state index contributed by atoms with van der Waals surface area (Å²) in [5, 5.41) is 15.4. The highest BCUT2D eigenvalue weighted by molar-refractivity contribution is 7.99. The van der Waals surface area contributed by atoms with Crippen molar-refractivity contribution in [2.75, 3.05) is 11.1 Å². The number of fused-ring (bicyclic) bond motifs is 2. The van der Waals surface area contributed by atoms with Gasteiger partial charge >= 0.3 is 6.18 Å². The van der Waals surface area contributed by atoms with E-state index in [4.69, 9.17) is 16.7 Å². The number of thioether (sulfide) groups is 1. The minimum absolute atomic E-state index is 0.0775. The average molecular weight is 569 g/mol. The van der Waals surface area contributed by atoms with E-state index in [-0.39, 0.29) is 27.5 Å². The van der Waals surface area contributed by atoms with Crippen LogP contribution in [0.1, 0.15) is 23.1 Å². The molecule has 0 aliphatic heterocycles. The average Bonchev–Trinajstić information content (AvgIpc) is 3.65. The fraction of sp³-hybridized carbons (Fsp3) is 0.185. The van der Waals surface area contributed by atoms with Crippen molar-refractivity contribution < 1.29 is 18.0 Å². The first-order valence-electron chi connectivity index (χ1n) is 12.1. The molecule has 3 heterocycles. The Morgan fingerprint density at radius 3 is 2.62 bits per heavy atom. The Kier molecular flexibility index (Phi) is 6.56. The van der Waals surface area contributed by atoms with Crippen molar-refractivity contribution in [3.8, 4) is 16.9 Å². The number of amides is 1. The molecule has 1 amide bonds. The minimum Gasteiger partial charge on any atom is -0.310 e. The molecule has 1 N–H and O–H groups in total. The lowest BCUT2D eigenvalue weighted by Gasteiger charge is -2.09. The zero-order valence-corrected chi connectivity index (χ0v) is 21.8. The quantitative estimate of drug-likeness (QED) is 0.237. The highest BCUT2D eigenvalue weighted by Crippen LogP contribution is 2.34. The summed E-state index contributed by atoms with van der Waals surface area (Å²) in [5.41, 5.74) is 4.27. The summed E-state index contributed by atoms with van der Waals surface area (Å²) in [4.78, 5) is 13.0. The largest absolute Gasteiger partial charge is 0.417 e. The molecule has 0 spiro atoms. The second kappa shape index (κ2) is 10.0. The lowest BCUT2D eigenvalue weighted by atomic mass is 10.0. The second-order valence-corrected chi connectivity index (χ2v) is 10.4. The van der Waals surface area contributed by atoms with Crippen LogP contribution in [0.25, 0.3) is 22.6 Å². The molecule has 0 unspecified atom stereocenters. The number of nitrogens with zero attached hydrogens (tertiary/aromatic N) is 5. The molecule has 12 heteroatoms. The van der Waals surface area contributed by atoms with Gasteiger partial charge in [-0.15, -0.1) is 10.2 Å². The number of alkyl halides is 3. The van der Waals surface area contributed by atoms with Crippen LogP contribution in [-0.2, 0) is 23.8 Å². The number of aromatic nitrogens is 5. The van der Waals surface area contributed by atoms with Gasteiger partial charge in [-0.2, -0.15) is 18.3 Å². The molecule has 0 atom stereocenters. The summed E-state index contributed by atoms with van der Waals surface area (Å²) in [6.07, 6.45) is -0.460. The van der Waals surface area contributed by atoms with Crippen LogP contribution in [0.15, 0.2) is 72.0 Å². The Balaban J connectivity index is 1.25. The van der Waals surface area contributed by atoms with Gasteiger partial charge in [0.1, 0.15) is 5.82 Å². The number of carbonyl (C=O) groups excluding carboxylic acids is 1. The van der Waals surface area contributed by atoms with Crippen molar-refractivity contribution in [1.82, 2.24) is 24.4 Å². The zero-order chi connectivity index (χ0) is 27.1. The van der Waals surface area contributed by atoms with E-state index in [1.807, 2.05) is 42.5 Å². The number of benzene rings is 2. The van der Waals surface area contributed by atoms with E-state index in [1.54, 1.807) is 4.68 Å². The molecule has 39 heavy (non-hydrogen) atoms. The molecule has 0 radical (unpaired) electrons. The molecule has 0 bridgehead atoms. The van der Waals surface area contributed by atoms with Crippen LogP contribution in [-0.4, -0.2) is 36.0 Å².